The summed E-state index contributed by atoms with van der Waals surface area (Å²) in [5.41, 5.74) is 2.27. The number of fused-ring (bicyclic) bond motifs is 2. The fourth-order valence-electron chi connectivity index (χ4n) is 2.31. The number of aromatic nitrogens is 2. The third kappa shape index (κ3) is 2.07. The van der Waals surface area contributed by atoms with Gasteiger partial charge in [0.15, 0.2) is 0 Å². The van der Waals surface area contributed by atoms with E-state index in [1.807, 2.05) is 4.93 Å². The molecule has 0 fully saturated rings. The average Bonchev–Trinajstić information content (AvgIpc) is 2.61. The third-order valence-corrected chi connectivity index (χ3v) is 5.09. The standard InChI is InChI=1S/C13H13IN3O2/c1-14-17-12(18)10-11(13(17)19)16-9-7-5-3-2-4-6-8(9)15-10/h2-3H,4-7H2,1H3/q-1/b3-2+. The Hall–Kier alpha value is -1.31. The molecular weight excluding hydrogens is 357 g/mol. The maximum atomic E-state index is 12.1. The first-order chi connectivity index (χ1) is 9.22. The predicted molar refractivity (Wildman–Crippen MR) is 64.2 cm³/mol. The molecule has 3 rings (SSSR count). The molecule has 19 heavy (non-hydrogen) atoms. The molecule has 0 spiro atoms. The Morgan fingerprint density at radius 2 is 1.47 bits per heavy atom. The molecule has 0 unspecified atom stereocenters. The maximum absolute atomic E-state index is 12.1. The van der Waals surface area contributed by atoms with Gasteiger partial charge in [0.25, 0.3) is 0 Å². The van der Waals surface area contributed by atoms with Crippen molar-refractivity contribution in [2.24, 2.45) is 0 Å². The number of carbonyl (C=O) groups excluding carboxylic acids is 2. The molecule has 6 heteroatoms. The molecule has 2 heterocycles. The fraction of sp³-hybridized carbons (Fsp3) is 0.385. The Labute approximate surface area is 121 Å². The van der Waals surface area contributed by atoms with Crippen molar-refractivity contribution in [3.05, 3.63) is 34.9 Å². The summed E-state index contributed by atoms with van der Waals surface area (Å²) in [4.78, 5) is 34.9. The zero-order chi connectivity index (χ0) is 13.4. The van der Waals surface area contributed by atoms with Crippen molar-refractivity contribution in [2.75, 3.05) is 4.93 Å². The summed E-state index contributed by atoms with van der Waals surface area (Å²) in [6, 6.07) is 0. The molecule has 1 aliphatic heterocycles. The first kappa shape index (κ1) is 12.7. The number of halogens is 1. The number of aryl methyl sites for hydroxylation is 2. The van der Waals surface area contributed by atoms with Gasteiger partial charge in [-0.15, -0.1) is 0 Å². The number of rotatable bonds is 1. The van der Waals surface area contributed by atoms with E-state index in [9.17, 15) is 9.59 Å². The van der Waals surface area contributed by atoms with Crippen LogP contribution in [0.15, 0.2) is 12.2 Å². The van der Waals surface area contributed by atoms with E-state index in [0.717, 1.165) is 37.1 Å². The van der Waals surface area contributed by atoms with E-state index in [4.69, 9.17) is 0 Å². The summed E-state index contributed by atoms with van der Waals surface area (Å²) >= 11 is -0.607. The Balaban J connectivity index is 2.08. The summed E-state index contributed by atoms with van der Waals surface area (Å²) in [7, 11) is 0. The number of allylic oxidation sites excluding steroid dienone is 2. The molecule has 0 saturated carbocycles. The first-order valence-electron chi connectivity index (χ1n) is 6.15. The molecule has 0 aromatic carbocycles. The topological polar surface area (TPSA) is 63.2 Å². The number of amides is 2. The molecule has 0 saturated heterocycles. The third-order valence-electron chi connectivity index (χ3n) is 3.24. The molecular formula is C13H13IN3O2-. The van der Waals surface area contributed by atoms with Crippen LogP contribution in [0.2, 0.25) is 0 Å². The van der Waals surface area contributed by atoms with Gasteiger partial charge in [-0.25, -0.2) is 0 Å². The van der Waals surface area contributed by atoms with Crippen LogP contribution in [0.3, 0.4) is 0 Å². The van der Waals surface area contributed by atoms with Crippen LogP contribution in [0.5, 0.6) is 0 Å². The van der Waals surface area contributed by atoms with Gasteiger partial charge >= 0.3 is 122 Å². The van der Waals surface area contributed by atoms with Crippen LogP contribution < -0.4 is 21.5 Å². The summed E-state index contributed by atoms with van der Waals surface area (Å²) in [5.74, 6) is -0.522. The van der Waals surface area contributed by atoms with Crippen LogP contribution in [0, 0.1) is 0 Å². The number of carbonyl (C=O) groups is 2. The fourth-order valence-corrected chi connectivity index (χ4v) is 3.64. The normalized spacial score (nSPS) is 19.9. The molecule has 0 radical (unpaired) electrons. The Morgan fingerprint density at radius 1 is 1.00 bits per heavy atom. The van der Waals surface area contributed by atoms with Crippen LogP contribution in [0.25, 0.3) is 0 Å². The van der Waals surface area contributed by atoms with Crippen LogP contribution in [-0.4, -0.2) is 29.8 Å². The molecule has 0 atom stereocenters. The second kappa shape index (κ2) is 4.99. The second-order valence-corrected chi connectivity index (χ2v) is 6.35. The van der Waals surface area contributed by atoms with Gasteiger partial charge in [0.1, 0.15) is 0 Å². The summed E-state index contributed by atoms with van der Waals surface area (Å²) < 4.78 is 1.31. The summed E-state index contributed by atoms with van der Waals surface area (Å²) in [5, 5.41) is 0. The van der Waals surface area contributed by atoms with Crippen LogP contribution in [0.4, 0.5) is 0 Å². The molecule has 5 nitrogen and oxygen atoms in total. The van der Waals surface area contributed by atoms with Crippen LogP contribution >= 0.6 is 0 Å². The molecule has 1 aromatic heterocycles. The van der Waals surface area contributed by atoms with E-state index >= 15 is 0 Å². The predicted octanol–water partition coefficient (Wildman–Crippen LogP) is -1.86. The second-order valence-electron chi connectivity index (χ2n) is 4.42. The number of alkyl halides is 1. The zero-order valence-electron chi connectivity index (χ0n) is 10.5. The van der Waals surface area contributed by atoms with Crippen molar-refractivity contribution >= 4 is 11.8 Å². The van der Waals surface area contributed by atoms with Crippen LogP contribution in [-0.2, 0) is 12.8 Å². The van der Waals surface area contributed by atoms with E-state index in [1.165, 1.54) is 3.11 Å². The average molecular weight is 370 g/mol. The van der Waals surface area contributed by atoms with Gasteiger partial charge in [-0.3, -0.25) is 0 Å². The van der Waals surface area contributed by atoms with Gasteiger partial charge in [-0.05, 0) is 0 Å². The molecule has 1 aromatic rings. The van der Waals surface area contributed by atoms with E-state index in [0.29, 0.717) is 0 Å². The number of imide groups is 1. The van der Waals surface area contributed by atoms with Crippen molar-refractivity contribution < 1.29 is 31.1 Å². The van der Waals surface area contributed by atoms with E-state index in [1.54, 1.807) is 0 Å². The van der Waals surface area contributed by atoms with Crippen molar-refractivity contribution in [1.29, 1.82) is 0 Å². The number of nitrogens with zero attached hydrogens (tertiary/aromatic N) is 3. The van der Waals surface area contributed by atoms with Gasteiger partial charge in [0, 0.05) is 0 Å². The van der Waals surface area contributed by atoms with Crippen molar-refractivity contribution in [3.8, 4) is 0 Å². The van der Waals surface area contributed by atoms with Crippen LogP contribution in [0.1, 0.15) is 45.2 Å². The molecule has 1 aliphatic carbocycles. The minimum absolute atomic E-state index is 0.259. The van der Waals surface area contributed by atoms with Crippen molar-refractivity contribution in [3.63, 3.8) is 0 Å². The van der Waals surface area contributed by atoms with Gasteiger partial charge < -0.3 is 0 Å². The van der Waals surface area contributed by atoms with Crippen molar-refractivity contribution in [1.82, 2.24) is 13.1 Å². The quantitative estimate of drug-likeness (QED) is 0.191. The van der Waals surface area contributed by atoms with E-state index < -0.39 is 21.5 Å². The molecule has 2 amide bonds. The van der Waals surface area contributed by atoms with Gasteiger partial charge in [-0.2, -0.15) is 0 Å². The van der Waals surface area contributed by atoms with Gasteiger partial charge in [-0.1, -0.05) is 0 Å². The summed E-state index contributed by atoms with van der Waals surface area (Å²) in [6.07, 6.45) is 7.66. The Bertz CT molecular complexity index is 549. The van der Waals surface area contributed by atoms with E-state index in [2.05, 4.69) is 22.1 Å². The number of hydrogen-bond acceptors (Lipinski definition) is 4. The molecule has 0 bridgehead atoms. The minimum atomic E-state index is -0.607. The zero-order valence-corrected chi connectivity index (χ0v) is 12.7. The van der Waals surface area contributed by atoms with Gasteiger partial charge in [0.2, 0.25) is 0 Å². The van der Waals surface area contributed by atoms with E-state index in [-0.39, 0.29) is 23.2 Å². The molecule has 100 valence electrons. The van der Waals surface area contributed by atoms with Gasteiger partial charge in [0.05, 0.1) is 0 Å². The SMILES string of the molecule is C[I-]N1C(=O)c2nc3c(nc2C1=O)CC/C=C/CC3. The first-order valence-corrected chi connectivity index (χ1v) is 9.28. The summed E-state index contributed by atoms with van der Waals surface area (Å²) in [6.45, 7) is 0. The molecule has 2 aliphatic rings. The molecule has 0 N–H and O–H groups in total. The number of hydrogen-bond donors (Lipinski definition) is 0. The Kier molecular flexibility index (Phi) is 3.34. The monoisotopic (exact) mass is 370 g/mol. The van der Waals surface area contributed by atoms with Crippen molar-refractivity contribution in [2.45, 2.75) is 25.7 Å². The Morgan fingerprint density at radius 3 is 1.89 bits per heavy atom.